The largest absolute Gasteiger partial charge is 0.481 e. The number of ether oxygens (including phenoxy) is 2. The van der Waals surface area contributed by atoms with Crippen LogP contribution in [0.4, 0.5) is 0 Å². The molecule has 0 aromatic rings. The molecular weight excluding hydrogens is 280 g/mol. The lowest BCUT2D eigenvalue weighted by Gasteiger charge is -2.40. The van der Waals surface area contributed by atoms with Crippen molar-refractivity contribution >= 4 is 5.97 Å². The summed E-state index contributed by atoms with van der Waals surface area (Å²) in [4.78, 5) is 10.9. The van der Waals surface area contributed by atoms with Gasteiger partial charge < -0.3 is 29.9 Å². The van der Waals surface area contributed by atoms with E-state index in [1.807, 2.05) is 6.92 Å². The predicted molar refractivity (Wildman–Crippen MR) is 73.6 cm³/mol. The van der Waals surface area contributed by atoms with E-state index in [1.54, 1.807) is 6.92 Å². The van der Waals surface area contributed by atoms with Crippen molar-refractivity contribution in [1.82, 2.24) is 0 Å². The minimum absolute atomic E-state index is 0.191. The zero-order valence-electron chi connectivity index (χ0n) is 12.5. The Hall–Kier alpha value is -0.730. The molecule has 0 aromatic heterocycles. The van der Waals surface area contributed by atoms with Gasteiger partial charge in [-0.1, -0.05) is 26.2 Å². The van der Waals surface area contributed by atoms with Gasteiger partial charge >= 0.3 is 5.97 Å². The second-order valence-electron chi connectivity index (χ2n) is 5.53. The fourth-order valence-electron chi connectivity index (χ4n) is 2.35. The summed E-state index contributed by atoms with van der Waals surface area (Å²) in [5.74, 6) is -0.990. The molecule has 0 saturated carbocycles. The van der Waals surface area contributed by atoms with Gasteiger partial charge in [-0.15, -0.1) is 0 Å². The molecule has 124 valence electrons. The summed E-state index contributed by atoms with van der Waals surface area (Å²) in [6.07, 6.45) is -3.27. The topological polar surface area (TPSA) is 116 Å². The molecule has 0 radical (unpaired) electrons. The smallest absolute Gasteiger partial charge is 0.305 e. The number of hydrogen-bond donors (Lipinski definition) is 4. The maximum Gasteiger partial charge on any atom is 0.305 e. The minimum Gasteiger partial charge on any atom is -0.481 e. The molecule has 21 heavy (non-hydrogen) atoms. The Bertz CT molecular complexity index is 322. The van der Waals surface area contributed by atoms with Crippen molar-refractivity contribution in [3.63, 3.8) is 0 Å². The molecule has 1 aliphatic heterocycles. The van der Waals surface area contributed by atoms with Crippen LogP contribution in [0.15, 0.2) is 0 Å². The number of unbranched alkanes of at least 4 members (excludes halogenated alkanes) is 2. The van der Waals surface area contributed by atoms with Crippen LogP contribution in [0.3, 0.4) is 0 Å². The summed E-state index contributed by atoms with van der Waals surface area (Å²) in [7, 11) is 0. The quantitative estimate of drug-likeness (QED) is 0.475. The summed E-state index contributed by atoms with van der Waals surface area (Å²) >= 11 is 0. The number of rotatable bonds is 8. The van der Waals surface area contributed by atoms with E-state index in [0.717, 1.165) is 19.3 Å². The average Bonchev–Trinajstić information content (AvgIpc) is 2.42. The molecule has 7 nitrogen and oxygen atoms in total. The summed E-state index contributed by atoms with van der Waals surface area (Å²) in [5, 5.41) is 38.1. The van der Waals surface area contributed by atoms with Gasteiger partial charge in [0.15, 0.2) is 6.29 Å². The number of aliphatic hydroxyl groups excluding tert-OH is 3. The third kappa shape index (κ3) is 5.52. The lowest BCUT2D eigenvalue weighted by molar-refractivity contribution is -0.304. The Morgan fingerprint density at radius 3 is 2.43 bits per heavy atom. The monoisotopic (exact) mass is 306 g/mol. The average molecular weight is 306 g/mol. The molecule has 0 aliphatic carbocycles. The van der Waals surface area contributed by atoms with Gasteiger partial charge in [0, 0.05) is 0 Å². The molecule has 1 saturated heterocycles. The first kappa shape index (κ1) is 18.3. The molecule has 0 aromatic carbocycles. The molecule has 6 atom stereocenters. The van der Waals surface area contributed by atoms with E-state index in [-0.39, 0.29) is 6.42 Å². The third-order valence-corrected chi connectivity index (χ3v) is 3.67. The molecule has 4 N–H and O–H groups in total. The first-order valence-corrected chi connectivity index (χ1v) is 7.43. The molecule has 1 rings (SSSR count). The normalized spacial score (nSPS) is 34.6. The van der Waals surface area contributed by atoms with E-state index in [9.17, 15) is 20.1 Å². The van der Waals surface area contributed by atoms with Gasteiger partial charge in [-0.3, -0.25) is 4.79 Å². The van der Waals surface area contributed by atoms with E-state index in [4.69, 9.17) is 14.6 Å². The standard InChI is InChI=1S/C14H26O7/c1-3-4-5-6-9(7-10(15)16)21-14-13(19)12(18)11(17)8(2)20-14/h8-9,11-14,17-19H,3-7H2,1-2H3,(H,15,16)/t8-,9?,11-,12+,13+,14-/m0/s1. The Labute approximate surface area is 124 Å². The Balaban J connectivity index is 2.61. The first-order valence-electron chi connectivity index (χ1n) is 7.43. The molecule has 1 aliphatic rings. The highest BCUT2D eigenvalue weighted by Gasteiger charge is 2.43. The van der Waals surface area contributed by atoms with Gasteiger partial charge in [0.05, 0.1) is 18.6 Å². The number of aliphatic carboxylic acids is 1. The van der Waals surface area contributed by atoms with Gasteiger partial charge in [0.1, 0.15) is 18.3 Å². The van der Waals surface area contributed by atoms with Crippen molar-refractivity contribution in [2.24, 2.45) is 0 Å². The fourth-order valence-corrected chi connectivity index (χ4v) is 2.35. The minimum atomic E-state index is -1.40. The molecule has 0 amide bonds. The SMILES string of the molecule is CCCCCC(CC(=O)O)O[C@@H]1O[C@@H](C)[C@H](O)[C@@H](O)[C@H]1O. The van der Waals surface area contributed by atoms with E-state index in [0.29, 0.717) is 6.42 Å². The van der Waals surface area contributed by atoms with Gasteiger partial charge in [-0.2, -0.15) is 0 Å². The predicted octanol–water partition coefficient (Wildman–Crippen LogP) is 0.254. The van der Waals surface area contributed by atoms with Crippen molar-refractivity contribution in [2.45, 2.75) is 82.8 Å². The summed E-state index contributed by atoms with van der Waals surface area (Å²) < 4.78 is 10.9. The van der Waals surface area contributed by atoms with E-state index >= 15 is 0 Å². The highest BCUT2D eigenvalue weighted by Crippen LogP contribution is 2.24. The van der Waals surface area contributed by atoms with Crippen LogP contribution in [0.1, 0.15) is 46.0 Å². The van der Waals surface area contributed by atoms with Crippen molar-refractivity contribution < 1.29 is 34.7 Å². The molecule has 0 bridgehead atoms. The molecule has 7 heteroatoms. The molecule has 1 unspecified atom stereocenters. The van der Waals surface area contributed by atoms with Crippen molar-refractivity contribution in [1.29, 1.82) is 0 Å². The maximum absolute atomic E-state index is 10.9. The van der Waals surface area contributed by atoms with Crippen LogP contribution in [-0.4, -0.2) is 63.2 Å². The van der Waals surface area contributed by atoms with Gasteiger partial charge in [-0.05, 0) is 13.3 Å². The van der Waals surface area contributed by atoms with Crippen LogP contribution in [0, 0.1) is 0 Å². The molecule has 1 fully saturated rings. The number of carboxylic acids is 1. The molecule has 0 spiro atoms. The van der Waals surface area contributed by atoms with Gasteiger partial charge in [-0.25, -0.2) is 0 Å². The van der Waals surface area contributed by atoms with E-state index in [2.05, 4.69) is 0 Å². The number of carboxylic acid groups (broad SMARTS) is 1. The van der Waals surface area contributed by atoms with Crippen LogP contribution < -0.4 is 0 Å². The Morgan fingerprint density at radius 2 is 1.86 bits per heavy atom. The van der Waals surface area contributed by atoms with Crippen LogP contribution in [0.2, 0.25) is 0 Å². The maximum atomic E-state index is 10.9. The second kappa shape index (κ2) is 8.65. The number of carbonyl (C=O) groups is 1. The first-order chi connectivity index (χ1) is 9.86. The molecular formula is C14H26O7. The number of aliphatic hydroxyl groups is 3. The second-order valence-corrected chi connectivity index (χ2v) is 5.53. The number of hydrogen-bond acceptors (Lipinski definition) is 6. The highest BCUT2D eigenvalue weighted by molar-refractivity contribution is 5.67. The van der Waals surface area contributed by atoms with Gasteiger partial charge in [0.2, 0.25) is 0 Å². The Morgan fingerprint density at radius 1 is 1.19 bits per heavy atom. The van der Waals surface area contributed by atoms with E-state index < -0.39 is 42.8 Å². The zero-order valence-corrected chi connectivity index (χ0v) is 12.5. The zero-order chi connectivity index (χ0) is 16.0. The van der Waals surface area contributed by atoms with Crippen molar-refractivity contribution in [3.05, 3.63) is 0 Å². The summed E-state index contributed by atoms with van der Waals surface area (Å²) in [6.45, 7) is 3.60. The third-order valence-electron chi connectivity index (χ3n) is 3.67. The summed E-state index contributed by atoms with van der Waals surface area (Å²) in [6, 6.07) is 0. The summed E-state index contributed by atoms with van der Waals surface area (Å²) in [5.41, 5.74) is 0. The van der Waals surface area contributed by atoms with Crippen LogP contribution in [0.25, 0.3) is 0 Å². The van der Waals surface area contributed by atoms with E-state index in [1.165, 1.54) is 0 Å². The van der Waals surface area contributed by atoms with Crippen molar-refractivity contribution in [3.8, 4) is 0 Å². The highest BCUT2D eigenvalue weighted by atomic mass is 16.7. The Kier molecular flexibility index (Phi) is 7.55. The van der Waals surface area contributed by atoms with Crippen molar-refractivity contribution in [2.75, 3.05) is 0 Å². The lowest BCUT2D eigenvalue weighted by Crippen LogP contribution is -2.58. The van der Waals surface area contributed by atoms with Crippen LogP contribution in [-0.2, 0) is 14.3 Å². The lowest BCUT2D eigenvalue weighted by atomic mass is 10.00. The van der Waals surface area contributed by atoms with Crippen LogP contribution >= 0.6 is 0 Å². The van der Waals surface area contributed by atoms with Gasteiger partial charge in [0.25, 0.3) is 0 Å². The fraction of sp³-hybridized carbons (Fsp3) is 0.929. The van der Waals surface area contributed by atoms with Crippen LogP contribution in [0.5, 0.6) is 0 Å². The molecule has 1 heterocycles.